The van der Waals surface area contributed by atoms with Crippen LogP contribution in [0.15, 0.2) is 22.8 Å². The molecule has 4 rings (SSSR count). The fraction of sp³-hybridized carbons (Fsp3) is 0.818. The minimum Gasteiger partial charge on any atom is -0.478 e. The smallest absolute Gasteiger partial charge is 0.331 e. The maximum absolute atomic E-state index is 12.9. The number of carboxylic acids is 1. The number of esters is 1. The third kappa shape index (κ3) is 4.68. The molecule has 0 aromatic heterocycles. The van der Waals surface area contributed by atoms with Gasteiger partial charge in [-0.25, -0.2) is 4.79 Å². The first-order valence-corrected chi connectivity index (χ1v) is 15.4. The van der Waals surface area contributed by atoms with Crippen LogP contribution in [0.2, 0.25) is 0 Å². The average molecular weight is 561 g/mol. The van der Waals surface area contributed by atoms with Crippen molar-refractivity contribution in [2.45, 2.75) is 125 Å². The first-order chi connectivity index (χ1) is 18.6. The Morgan fingerprint density at radius 2 is 1.70 bits per heavy atom. The number of aliphatic hydroxyl groups excluding tert-OH is 2. The van der Waals surface area contributed by atoms with Gasteiger partial charge in [0, 0.05) is 31.1 Å². The number of ether oxygens (including phenoxy) is 2. The lowest BCUT2D eigenvalue weighted by Gasteiger charge is -2.68. The van der Waals surface area contributed by atoms with E-state index in [1.807, 2.05) is 26.8 Å². The Hall–Kier alpha value is -1.70. The van der Waals surface area contributed by atoms with E-state index in [1.165, 1.54) is 6.92 Å². The average Bonchev–Trinajstić information content (AvgIpc) is 3.07. The summed E-state index contributed by atoms with van der Waals surface area (Å²) in [5, 5.41) is 33.4. The number of carbonyl (C=O) groups is 2. The van der Waals surface area contributed by atoms with Crippen LogP contribution < -0.4 is 0 Å². The summed E-state index contributed by atoms with van der Waals surface area (Å²) >= 11 is 0. The molecule has 0 radical (unpaired) electrons. The highest BCUT2D eigenvalue weighted by Gasteiger charge is 2.74. The van der Waals surface area contributed by atoms with E-state index in [-0.39, 0.29) is 46.9 Å². The Labute approximate surface area is 240 Å². The molecular formula is C33H52O7. The van der Waals surface area contributed by atoms with Gasteiger partial charge in [0.2, 0.25) is 5.79 Å². The van der Waals surface area contributed by atoms with Gasteiger partial charge in [0.15, 0.2) is 0 Å². The zero-order valence-electron chi connectivity index (χ0n) is 25.9. The fourth-order valence-electron chi connectivity index (χ4n) is 10.3. The lowest BCUT2D eigenvalue weighted by atomic mass is 9.36. The minimum absolute atomic E-state index is 0.0232. The Morgan fingerprint density at radius 1 is 1.02 bits per heavy atom. The molecule has 0 amide bonds. The third-order valence-electron chi connectivity index (χ3n) is 11.9. The van der Waals surface area contributed by atoms with Gasteiger partial charge in [0.25, 0.3) is 0 Å². The zero-order valence-corrected chi connectivity index (χ0v) is 25.9. The molecule has 0 aliphatic heterocycles. The summed E-state index contributed by atoms with van der Waals surface area (Å²) < 4.78 is 12.4. The number of carboxylic acid groups (broad SMARTS) is 1. The predicted octanol–water partition coefficient (Wildman–Crippen LogP) is 6.03. The second-order valence-electron chi connectivity index (χ2n) is 14.3. The van der Waals surface area contributed by atoms with Crippen molar-refractivity contribution in [1.29, 1.82) is 0 Å². The van der Waals surface area contributed by atoms with Crippen molar-refractivity contribution >= 4 is 11.9 Å². The Morgan fingerprint density at radius 3 is 2.27 bits per heavy atom. The highest BCUT2D eigenvalue weighted by Crippen LogP contribution is 2.76. The van der Waals surface area contributed by atoms with Gasteiger partial charge in [-0.1, -0.05) is 39.3 Å². The fourth-order valence-corrected chi connectivity index (χ4v) is 10.3. The van der Waals surface area contributed by atoms with Gasteiger partial charge >= 0.3 is 11.9 Å². The molecule has 0 heterocycles. The first kappa shape index (κ1) is 31.2. The van der Waals surface area contributed by atoms with Crippen LogP contribution in [0.25, 0.3) is 0 Å². The van der Waals surface area contributed by atoms with Gasteiger partial charge in [0.05, 0.1) is 12.2 Å². The van der Waals surface area contributed by atoms with Crippen LogP contribution >= 0.6 is 0 Å². The van der Waals surface area contributed by atoms with Crippen LogP contribution in [-0.4, -0.2) is 51.9 Å². The van der Waals surface area contributed by atoms with Gasteiger partial charge in [-0.3, -0.25) is 4.79 Å². The number of aliphatic carboxylic acids is 1. The number of allylic oxidation sites excluding steroid dienone is 2. The zero-order chi connectivity index (χ0) is 29.8. The van der Waals surface area contributed by atoms with Crippen LogP contribution in [0.5, 0.6) is 0 Å². The number of aliphatic hydroxyl groups is 2. The molecule has 0 spiro atoms. The topological polar surface area (TPSA) is 113 Å². The molecule has 4 saturated carbocycles. The van der Waals surface area contributed by atoms with E-state index in [2.05, 4.69) is 27.7 Å². The molecule has 40 heavy (non-hydrogen) atoms. The summed E-state index contributed by atoms with van der Waals surface area (Å²) in [7, 11) is 0. The first-order valence-electron chi connectivity index (χ1n) is 15.4. The molecule has 4 fully saturated rings. The van der Waals surface area contributed by atoms with E-state index in [9.17, 15) is 24.9 Å². The highest BCUT2D eigenvalue weighted by molar-refractivity contribution is 5.88. The van der Waals surface area contributed by atoms with Gasteiger partial charge in [-0.05, 0) is 106 Å². The molecule has 10 atom stereocenters. The largest absolute Gasteiger partial charge is 0.478 e. The molecule has 1 unspecified atom stereocenters. The molecule has 0 aromatic carbocycles. The lowest BCUT2D eigenvalue weighted by Crippen LogP contribution is -2.65. The number of rotatable bonds is 7. The van der Waals surface area contributed by atoms with E-state index in [0.29, 0.717) is 37.2 Å². The van der Waals surface area contributed by atoms with Crippen molar-refractivity contribution in [3.8, 4) is 0 Å². The van der Waals surface area contributed by atoms with Gasteiger partial charge < -0.3 is 24.8 Å². The summed E-state index contributed by atoms with van der Waals surface area (Å²) in [6.07, 6.45) is 6.07. The minimum atomic E-state index is -1.48. The highest BCUT2D eigenvalue weighted by atomic mass is 16.7. The summed E-state index contributed by atoms with van der Waals surface area (Å²) in [4.78, 5) is 25.5. The van der Waals surface area contributed by atoms with Crippen LogP contribution in [0.1, 0.15) is 107 Å². The Kier molecular flexibility index (Phi) is 8.48. The molecule has 4 aliphatic carbocycles. The van der Waals surface area contributed by atoms with Gasteiger partial charge in [-0.15, -0.1) is 0 Å². The van der Waals surface area contributed by atoms with Crippen LogP contribution in [0.4, 0.5) is 0 Å². The molecular weight excluding hydrogens is 508 g/mol. The van der Waals surface area contributed by atoms with Crippen LogP contribution in [0, 0.1) is 39.9 Å². The van der Waals surface area contributed by atoms with Crippen molar-refractivity contribution < 1.29 is 34.4 Å². The normalized spacial score (nSPS) is 45.5. The monoisotopic (exact) mass is 560 g/mol. The molecule has 7 nitrogen and oxygen atoms in total. The quantitative estimate of drug-likeness (QED) is 0.151. The van der Waals surface area contributed by atoms with Crippen LogP contribution in [0.3, 0.4) is 0 Å². The lowest BCUT2D eigenvalue weighted by molar-refractivity contribution is -0.246. The van der Waals surface area contributed by atoms with E-state index in [4.69, 9.17) is 9.47 Å². The van der Waals surface area contributed by atoms with Crippen molar-refractivity contribution in [3.63, 3.8) is 0 Å². The summed E-state index contributed by atoms with van der Waals surface area (Å²) in [5.41, 5.74) is 0.921. The third-order valence-corrected chi connectivity index (χ3v) is 11.9. The maximum atomic E-state index is 12.9. The summed E-state index contributed by atoms with van der Waals surface area (Å²) in [6, 6.07) is 0. The van der Waals surface area contributed by atoms with E-state index >= 15 is 0 Å². The molecule has 4 aliphatic rings. The molecule has 226 valence electrons. The van der Waals surface area contributed by atoms with Gasteiger partial charge in [-0.2, -0.15) is 0 Å². The van der Waals surface area contributed by atoms with E-state index in [1.54, 1.807) is 0 Å². The van der Waals surface area contributed by atoms with Crippen LogP contribution in [-0.2, 0) is 19.1 Å². The summed E-state index contributed by atoms with van der Waals surface area (Å²) in [5.74, 6) is -2.87. The number of carbonyl (C=O) groups excluding carboxylic acids is 1. The van der Waals surface area contributed by atoms with Crippen molar-refractivity contribution in [1.82, 2.24) is 0 Å². The molecule has 3 N–H and O–H groups in total. The summed E-state index contributed by atoms with van der Waals surface area (Å²) in [6.45, 7) is 16.4. The van der Waals surface area contributed by atoms with E-state index < -0.39 is 29.2 Å². The second kappa shape index (κ2) is 10.9. The van der Waals surface area contributed by atoms with Gasteiger partial charge in [0.1, 0.15) is 0 Å². The Bertz CT molecular complexity index is 1070. The number of hydrogen-bond donors (Lipinski definition) is 3. The van der Waals surface area contributed by atoms with E-state index in [0.717, 1.165) is 31.3 Å². The standard InChI is InChI=1S/C33H52O7/c1-9-39-33(40-21(5)34)18-32(8)24(27(33)22(29(37)38)12-10-11-19(2)3)17-26(36)28-30(6)15-14-25(35)20(4)23(30)13-16-31(28,32)7/h11,20,23-26,28,35-36H,9-10,12-18H2,1-8H3,(H,37,38)/t20-,23?,24+,25+,26+,28+,30-,31-,32-,33+/m0/s1. The molecule has 0 saturated heterocycles. The molecule has 7 heteroatoms. The number of hydrogen-bond acceptors (Lipinski definition) is 6. The second-order valence-corrected chi connectivity index (χ2v) is 14.3. The maximum Gasteiger partial charge on any atom is 0.331 e. The SMILES string of the molecule is CCO[C@@]1(OC(C)=O)C[C@@]2(C)[C@H](C[C@@H](O)[C@@H]3[C@@]4(C)CC[C@@H](O)[C@@H](C)C4CC[C@@]32C)C1=C(CCC=C(C)C)C(=O)O. The molecule has 0 aromatic rings. The predicted molar refractivity (Wildman–Crippen MR) is 153 cm³/mol. The van der Waals surface area contributed by atoms with Crippen molar-refractivity contribution in [2.24, 2.45) is 39.9 Å². The number of fused-ring (bicyclic) bond motifs is 5. The Balaban J connectivity index is 1.92. The molecule has 0 bridgehead atoms. The van der Waals surface area contributed by atoms with Crippen molar-refractivity contribution in [3.05, 3.63) is 22.8 Å². The van der Waals surface area contributed by atoms with Crippen molar-refractivity contribution in [2.75, 3.05) is 6.61 Å².